The summed E-state index contributed by atoms with van der Waals surface area (Å²) < 4.78 is 5.92. The van der Waals surface area contributed by atoms with Gasteiger partial charge in [-0.1, -0.05) is 76.3 Å². The number of hydrogen-bond acceptors (Lipinski definition) is 6. The van der Waals surface area contributed by atoms with Gasteiger partial charge in [0.1, 0.15) is 0 Å². The summed E-state index contributed by atoms with van der Waals surface area (Å²) in [4.78, 5) is 44.7. The third kappa shape index (κ3) is 6.16. The second kappa shape index (κ2) is 12.9. The van der Waals surface area contributed by atoms with Gasteiger partial charge >= 0.3 is 12.0 Å². The fourth-order valence-corrected chi connectivity index (χ4v) is 4.92. The fraction of sp³-hybridized carbons (Fsp3) is 0.654. The Hall–Kier alpha value is -2.45. The molecule has 2 fully saturated rings. The average molecular weight is 474 g/mol. The first-order valence-electron chi connectivity index (χ1n) is 12.7. The summed E-state index contributed by atoms with van der Waals surface area (Å²) in [6.45, 7) is 5.48. The van der Waals surface area contributed by atoms with Crippen LogP contribution in [0.25, 0.3) is 0 Å². The lowest BCUT2D eigenvalue weighted by Gasteiger charge is -2.43. The fourth-order valence-electron chi connectivity index (χ4n) is 4.92. The van der Waals surface area contributed by atoms with Gasteiger partial charge in [0.2, 0.25) is 0 Å². The van der Waals surface area contributed by atoms with E-state index in [2.05, 4.69) is 17.6 Å². The van der Waals surface area contributed by atoms with Crippen LogP contribution in [0.5, 0.6) is 0 Å². The van der Waals surface area contributed by atoms with Gasteiger partial charge < -0.3 is 14.9 Å². The van der Waals surface area contributed by atoms with Gasteiger partial charge in [0.15, 0.2) is 5.54 Å². The molecule has 3 atom stereocenters. The number of imide groups is 1. The van der Waals surface area contributed by atoms with Crippen molar-refractivity contribution in [3.8, 4) is 0 Å². The lowest BCUT2D eigenvalue weighted by atomic mass is 9.82. The van der Waals surface area contributed by atoms with E-state index in [-0.39, 0.29) is 12.5 Å². The molecule has 0 saturated carbocycles. The summed E-state index contributed by atoms with van der Waals surface area (Å²) in [6.07, 6.45) is 7.63. The molecule has 2 aliphatic rings. The summed E-state index contributed by atoms with van der Waals surface area (Å²) in [5.41, 5.74) is -0.284. The van der Waals surface area contributed by atoms with Gasteiger partial charge in [0, 0.05) is 0 Å². The number of urea groups is 1. The maximum Gasteiger partial charge on any atom is 0.358 e. The van der Waals surface area contributed by atoms with Crippen LogP contribution in [-0.4, -0.2) is 47.7 Å². The standard InChI is InChI=1S/C26H39N3O5/c1-3-5-6-10-15-21(12-4-2)23(30)34-29-25(32)28-24(31)26(29)16-11-17-27-22(26)19-33-18-20-13-8-7-9-14-20/h7-9,13-14,21-22,27H,3-6,10-12,15-19H2,1-2H3,(H,28,31,32)/t21?,22-,26?/m1/s1. The number of benzene rings is 1. The van der Waals surface area contributed by atoms with E-state index in [4.69, 9.17) is 9.57 Å². The summed E-state index contributed by atoms with van der Waals surface area (Å²) in [5.74, 6) is -1.16. The highest BCUT2D eigenvalue weighted by atomic mass is 16.7. The number of nitrogens with one attached hydrogen (secondary N) is 2. The van der Waals surface area contributed by atoms with Crippen LogP contribution < -0.4 is 10.6 Å². The maximum atomic E-state index is 13.1. The molecule has 8 heteroatoms. The van der Waals surface area contributed by atoms with Gasteiger partial charge in [-0.25, -0.2) is 9.59 Å². The number of carbonyl (C=O) groups is 3. The number of rotatable bonds is 13. The van der Waals surface area contributed by atoms with E-state index < -0.39 is 29.5 Å². The van der Waals surface area contributed by atoms with Crippen molar-refractivity contribution in [2.75, 3.05) is 13.2 Å². The first-order chi connectivity index (χ1) is 16.5. The zero-order chi connectivity index (χ0) is 24.4. The number of piperidine rings is 1. The van der Waals surface area contributed by atoms with Crippen molar-refractivity contribution in [2.24, 2.45) is 5.92 Å². The number of hydrogen-bond donors (Lipinski definition) is 2. The first-order valence-corrected chi connectivity index (χ1v) is 12.7. The van der Waals surface area contributed by atoms with Crippen molar-refractivity contribution in [3.63, 3.8) is 0 Å². The van der Waals surface area contributed by atoms with Crippen LogP contribution in [0, 0.1) is 5.92 Å². The predicted octanol–water partition coefficient (Wildman–Crippen LogP) is 4.09. The third-order valence-electron chi connectivity index (χ3n) is 6.82. The molecule has 0 radical (unpaired) electrons. The van der Waals surface area contributed by atoms with Gasteiger partial charge in [0.05, 0.1) is 25.2 Å². The minimum Gasteiger partial charge on any atom is -0.375 e. The number of hydroxylamine groups is 2. The molecular formula is C26H39N3O5. The Balaban J connectivity index is 1.70. The van der Waals surface area contributed by atoms with Crippen molar-refractivity contribution in [1.29, 1.82) is 0 Å². The van der Waals surface area contributed by atoms with Crippen LogP contribution in [0.3, 0.4) is 0 Å². The molecule has 2 unspecified atom stereocenters. The molecule has 8 nitrogen and oxygen atoms in total. The molecule has 1 aromatic rings. The monoisotopic (exact) mass is 473 g/mol. The smallest absolute Gasteiger partial charge is 0.358 e. The van der Waals surface area contributed by atoms with Crippen LogP contribution in [0.1, 0.15) is 77.2 Å². The highest BCUT2D eigenvalue weighted by molar-refractivity contribution is 6.07. The van der Waals surface area contributed by atoms with Crippen LogP contribution in [0.2, 0.25) is 0 Å². The van der Waals surface area contributed by atoms with E-state index in [0.29, 0.717) is 32.4 Å². The van der Waals surface area contributed by atoms with Gasteiger partial charge in [-0.05, 0) is 37.8 Å². The Morgan fingerprint density at radius 1 is 1.12 bits per heavy atom. The van der Waals surface area contributed by atoms with E-state index in [9.17, 15) is 14.4 Å². The Bertz CT molecular complexity index is 818. The molecule has 1 spiro atoms. The lowest BCUT2D eigenvalue weighted by molar-refractivity contribution is -0.206. The van der Waals surface area contributed by atoms with Crippen molar-refractivity contribution >= 4 is 17.9 Å². The molecule has 2 heterocycles. The Morgan fingerprint density at radius 3 is 2.65 bits per heavy atom. The van der Waals surface area contributed by atoms with Crippen molar-refractivity contribution < 1.29 is 24.0 Å². The topological polar surface area (TPSA) is 97.0 Å². The molecule has 0 aliphatic carbocycles. The van der Waals surface area contributed by atoms with Crippen LogP contribution in [0.15, 0.2) is 30.3 Å². The van der Waals surface area contributed by atoms with Gasteiger partial charge in [-0.3, -0.25) is 10.1 Å². The van der Waals surface area contributed by atoms with Crippen LogP contribution in [0.4, 0.5) is 4.79 Å². The Labute approximate surface area is 202 Å². The summed E-state index contributed by atoms with van der Waals surface area (Å²) in [6, 6.07) is 8.60. The van der Waals surface area contributed by atoms with Crippen LogP contribution in [-0.2, 0) is 25.8 Å². The molecular weight excluding hydrogens is 434 g/mol. The van der Waals surface area contributed by atoms with E-state index in [1.165, 1.54) is 0 Å². The summed E-state index contributed by atoms with van der Waals surface area (Å²) in [5, 5.41) is 6.71. The zero-order valence-electron chi connectivity index (χ0n) is 20.5. The average Bonchev–Trinajstić information content (AvgIpc) is 3.07. The maximum absolute atomic E-state index is 13.1. The first kappa shape index (κ1) is 26.2. The molecule has 188 valence electrons. The molecule has 3 amide bonds. The Kier molecular flexibility index (Phi) is 9.89. The summed E-state index contributed by atoms with van der Waals surface area (Å²) >= 11 is 0. The summed E-state index contributed by atoms with van der Waals surface area (Å²) in [7, 11) is 0. The molecule has 3 rings (SSSR count). The highest BCUT2D eigenvalue weighted by Gasteiger charge is 2.61. The normalized spacial score (nSPS) is 23.2. The molecule has 2 saturated heterocycles. The highest BCUT2D eigenvalue weighted by Crippen LogP contribution is 2.35. The van der Waals surface area contributed by atoms with Gasteiger partial charge in [0.25, 0.3) is 5.91 Å². The van der Waals surface area contributed by atoms with Gasteiger partial charge in [-0.2, -0.15) is 0 Å². The van der Waals surface area contributed by atoms with Crippen LogP contribution >= 0.6 is 0 Å². The molecule has 34 heavy (non-hydrogen) atoms. The number of carbonyl (C=O) groups excluding carboxylic acids is 3. The minimum atomic E-state index is -1.30. The Morgan fingerprint density at radius 2 is 1.91 bits per heavy atom. The van der Waals surface area contributed by atoms with Gasteiger partial charge in [-0.15, -0.1) is 5.06 Å². The van der Waals surface area contributed by atoms with E-state index in [0.717, 1.165) is 49.2 Å². The second-order valence-electron chi connectivity index (χ2n) is 9.33. The van der Waals surface area contributed by atoms with Crippen molar-refractivity contribution in [3.05, 3.63) is 35.9 Å². The number of unbranched alkanes of at least 4 members (excludes halogenated alkanes) is 3. The molecule has 1 aromatic carbocycles. The lowest BCUT2D eigenvalue weighted by Crippen LogP contribution is -2.67. The quantitative estimate of drug-likeness (QED) is 0.331. The largest absolute Gasteiger partial charge is 0.375 e. The predicted molar refractivity (Wildman–Crippen MR) is 128 cm³/mol. The number of amides is 3. The molecule has 2 N–H and O–H groups in total. The third-order valence-corrected chi connectivity index (χ3v) is 6.82. The number of nitrogens with zero attached hydrogens (tertiary/aromatic N) is 1. The van der Waals surface area contributed by atoms with E-state index >= 15 is 0 Å². The molecule has 0 aromatic heterocycles. The van der Waals surface area contributed by atoms with Crippen molar-refractivity contribution in [1.82, 2.24) is 15.7 Å². The second-order valence-corrected chi connectivity index (χ2v) is 9.33. The SMILES string of the molecule is CCCCCCC(CCC)C(=O)ON1C(=O)NC(=O)C12CCCN[C@@H]2COCc1ccccc1. The van der Waals surface area contributed by atoms with E-state index in [1.807, 2.05) is 37.3 Å². The molecule has 0 bridgehead atoms. The van der Waals surface area contributed by atoms with E-state index in [1.54, 1.807) is 0 Å². The van der Waals surface area contributed by atoms with Crippen molar-refractivity contribution in [2.45, 2.75) is 89.8 Å². The zero-order valence-corrected chi connectivity index (χ0v) is 20.5. The molecule has 2 aliphatic heterocycles. The minimum absolute atomic E-state index is 0.207. The number of ether oxygens (including phenoxy) is 1.